The summed E-state index contributed by atoms with van der Waals surface area (Å²) in [4.78, 5) is 12.4. The minimum Gasteiger partial charge on any atom is -0.508 e. The highest BCUT2D eigenvalue weighted by molar-refractivity contribution is 5.79. The average Bonchev–Trinajstić information content (AvgIpc) is 2.60. The van der Waals surface area contributed by atoms with Gasteiger partial charge in [-0.3, -0.25) is 4.79 Å². The molecule has 0 spiro atoms. The molecule has 1 amide bonds. The number of rotatable bonds is 8. The van der Waals surface area contributed by atoms with Crippen molar-refractivity contribution in [1.82, 2.24) is 5.32 Å². The molecule has 146 valence electrons. The fourth-order valence-electron chi connectivity index (χ4n) is 3.30. The number of aryl methyl sites for hydroxylation is 3. The quantitative estimate of drug-likeness (QED) is 0.660. The van der Waals surface area contributed by atoms with Crippen molar-refractivity contribution < 1.29 is 14.6 Å². The van der Waals surface area contributed by atoms with E-state index in [1.54, 1.807) is 12.1 Å². The number of amides is 1. The lowest BCUT2D eigenvalue weighted by atomic mass is 10.0. The molecule has 0 fully saturated rings. The molecule has 1 unspecified atom stereocenters. The largest absolute Gasteiger partial charge is 0.508 e. The second-order valence-corrected chi connectivity index (χ2v) is 7.25. The van der Waals surface area contributed by atoms with E-state index >= 15 is 0 Å². The van der Waals surface area contributed by atoms with E-state index < -0.39 is 0 Å². The maximum atomic E-state index is 12.4. The van der Waals surface area contributed by atoms with Crippen LogP contribution in [0.2, 0.25) is 0 Å². The van der Waals surface area contributed by atoms with Gasteiger partial charge in [-0.15, -0.1) is 0 Å². The summed E-state index contributed by atoms with van der Waals surface area (Å²) in [7, 11) is 0. The van der Waals surface area contributed by atoms with Gasteiger partial charge in [0.2, 0.25) is 5.91 Å². The van der Waals surface area contributed by atoms with E-state index in [9.17, 15) is 9.90 Å². The molecule has 0 radical (unpaired) electrons. The van der Waals surface area contributed by atoms with Crippen LogP contribution in [0.1, 0.15) is 55.4 Å². The number of hydrogen-bond donors (Lipinski definition) is 2. The Morgan fingerprint density at radius 2 is 1.74 bits per heavy atom. The molecule has 0 aliphatic rings. The van der Waals surface area contributed by atoms with E-state index in [2.05, 4.69) is 19.2 Å². The number of carbonyl (C=O) groups is 1. The van der Waals surface area contributed by atoms with E-state index in [0.29, 0.717) is 12.2 Å². The van der Waals surface area contributed by atoms with Gasteiger partial charge in [-0.25, -0.2) is 0 Å². The third-order valence-electron chi connectivity index (χ3n) is 4.77. The van der Waals surface area contributed by atoms with Gasteiger partial charge in [-0.1, -0.05) is 32.4 Å². The number of aromatic hydroxyl groups is 1. The standard InChI is InChI=1S/C23H31NO3/c1-6-8-19(7-2)24-22(26)14-18-11-16(4)23(17(5)12-18)27-20-9-10-21(25)15(3)13-20/h9-13,19,25H,6-8,14H2,1-5H3,(H,24,26). The number of ether oxygens (including phenoxy) is 1. The molecule has 0 heterocycles. The molecular formula is C23H31NO3. The second-order valence-electron chi connectivity index (χ2n) is 7.25. The number of hydrogen-bond acceptors (Lipinski definition) is 3. The summed E-state index contributed by atoms with van der Waals surface area (Å²) in [5.41, 5.74) is 3.74. The summed E-state index contributed by atoms with van der Waals surface area (Å²) < 4.78 is 6.04. The molecule has 1 atom stereocenters. The maximum Gasteiger partial charge on any atom is 0.224 e. The number of benzene rings is 2. The molecule has 0 saturated heterocycles. The van der Waals surface area contributed by atoms with E-state index in [-0.39, 0.29) is 17.7 Å². The van der Waals surface area contributed by atoms with Crippen LogP contribution in [0.3, 0.4) is 0 Å². The van der Waals surface area contributed by atoms with Crippen molar-refractivity contribution in [2.75, 3.05) is 0 Å². The van der Waals surface area contributed by atoms with Crippen LogP contribution in [0.5, 0.6) is 17.2 Å². The molecule has 0 aromatic heterocycles. The Balaban J connectivity index is 2.11. The molecule has 4 nitrogen and oxygen atoms in total. The van der Waals surface area contributed by atoms with Crippen molar-refractivity contribution in [3.05, 3.63) is 52.6 Å². The third kappa shape index (κ3) is 5.75. The SMILES string of the molecule is CCCC(CC)NC(=O)Cc1cc(C)c(Oc2ccc(O)c(C)c2)c(C)c1. The van der Waals surface area contributed by atoms with Crippen LogP contribution < -0.4 is 10.1 Å². The minimum atomic E-state index is 0.0666. The molecule has 2 aromatic carbocycles. The van der Waals surface area contributed by atoms with Gasteiger partial charge in [-0.2, -0.15) is 0 Å². The Morgan fingerprint density at radius 1 is 1.07 bits per heavy atom. The van der Waals surface area contributed by atoms with Crippen molar-refractivity contribution in [1.29, 1.82) is 0 Å². The van der Waals surface area contributed by atoms with Crippen molar-refractivity contribution in [3.63, 3.8) is 0 Å². The van der Waals surface area contributed by atoms with Gasteiger partial charge in [0.05, 0.1) is 6.42 Å². The lowest BCUT2D eigenvalue weighted by Gasteiger charge is -2.17. The zero-order chi connectivity index (χ0) is 20.0. The number of phenols is 1. The van der Waals surface area contributed by atoms with E-state index in [4.69, 9.17) is 4.74 Å². The topological polar surface area (TPSA) is 58.6 Å². The molecule has 0 bridgehead atoms. The normalized spacial score (nSPS) is 11.9. The van der Waals surface area contributed by atoms with Crippen LogP contribution in [0.4, 0.5) is 0 Å². The summed E-state index contributed by atoms with van der Waals surface area (Å²) in [5, 5.41) is 12.8. The molecule has 2 N–H and O–H groups in total. The predicted molar refractivity (Wildman–Crippen MR) is 110 cm³/mol. The number of nitrogens with one attached hydrogen (secondary N) is 1. The molecule has 0 aliphatic carbocycles. The molecule has 2 aromatic rings. The molecule has 0 saturated carbocycles. The zero-order valence-corrected chi connectivity index (χ0v) is 17.1. The van der Waals surface area contributed by atoms with Crippen molar-refractivity contribution in [3.8, 4) is 17.2 Å². The smallest absolute Gasteiger partial charge is 0.224 e. The summed E-state index contributed by atoms with van der Waals surface area (Å²) in [5.74, 6) is 1.80. The minimum absolute atomic E-state index is 0.0666. The van der Waals surface area contributed by atoms with Gasteiger partial charge in [0.25, 0.3) is 0 Å². The summed E-state index contributed by atoms with van der Waals surface area (Å²) in [6.07, 6.45) is 3.41. The first kappa shape index (κ1) is 20.8. The first-order valence-corrected chi connectivity index (χ1v) is 9.71. The van der Waals surface area contributed by atoms with Gasteiger partial charge >= 0.3 is 0 Å². The van der Waals surface area contributed by atoms with Crippen LogP contribution in [-0.4, -0.2) is 17.1 Å². The van der Waals surface area contributed by atoms with Gasteiger partial charge in [0.1, 0.15) is 17.2 Å². The Labute approximate surface area is 162 Å². The highest BCUT2D eigenvalue weighted by Gasteiger charge is 2.13. The Morgan fingerprint density at radius 3 is 2.30 bits per heavy atom. The summed E-state index contributed by atoms with van der Waals surface area (Å²) >= 11 is 0. The lowest BCUT2D eigenvalue weighted by molar-refractivity contribution is -0.121. The predicted octanol–water partition coefficient (Wildman–Crippen LogP) is 5.35. The van der Waals surface area contributed by atoms with Gasteiger partial charge in [0.15, 0.2) is 0 Å². The van der Waals surface area contributed by atoms with Crippen LogP contribution in [0.25, 0.3) is 0 Å². The van der Waals surface area contributed by atoms with Crippen molar-refractivity contribution in [2.24, 2.45) is 0 Å². The van der Waals surface area contributed by atoms with Crippen molar-refractivity contribution >= 4 is 5.91 Å². The van der Waals surface area contributed by atoms with E-state index in [1.807, 2.05) is 39.0 Å². The van der Waals surface area contributed by atoms with Gasteiger partial charge < -0.3 is 15.2 Å². The molecule has 2 rings (SSSR count). The van der Waals surface area contributed by atoms with Crippen molar-refractivity contribution in [2.45, 2.75) is 66.3 Å². The summed E-state index contributed by atoms with van der Waals surface area (Å²) in [6.45, 7) is 10.1. The maximum absolute atomic E-state index is 12.4. The van der Waals surface area contributed by atoms with Crippen LogP contribution in [-0.2, 0) is 11.2 Å². The first-order valence-electron chi connectivity index (χ1n) is 9.71. The Hall–Kier alpha value is -2.49. The second kappa shape index (κ2) is 9.45. The van der Waals surface area contributed by atoms with E-state index in [1.165, 1.54) is 0 Å². The molecule has 4 heteroatoms. The molecule has 0 aliphatic heterocycles. The van der Waals surface area contributed by atoms with Gasteiger partial charge in [0, 0.05) is 6.04 Å². The Kier molecular flexibility index (Phi) is 7.28. The van der Waals surface area contributed by atoms with Crippen LogP contribution >= 0.6 is 0 Å². The highest BCUT2D eigenvalue weighted by atomic mass is 16.5. The fraction of sp³-hybridized carbons (Fsp3) is 0.435. The summed E-state index contributed by atoms with van der Waals surface area (Å²) in [6, 6.07) is 9.47. The van der Waals surface area contributed by atoms with Crippen LogP contribution in [0, 0.1) is 20.8 Å². The van der Waals surface area contributed by atoms with E-state index in [0.717, 1.165) is 47.3 Å². The molecule has 27 heavy (non-hydrogen) atoms. The fourth-order valence-corrected chi connectivity index (χ4v) is 3.30. The number of carbonyl (C=O) groups excluding carboxylic acids is 1. The average molecular weight is 370 g/mol. The molecular weight excluding hydrogens is 338 g/mol. The number of phenolic OH excluding ortho intramolecular Hbond substituents is 1. The monoisotopic (exact) mass is 369 g/mol. The third-order valence-corrected chi connectivity index (χ3v) is 4.77. The van der Waals surface area contributed by atoms with Crippen LogP contribution in [0.15, 0.2) is 30.3 Å². The van der Waals surface area contributed by atoms with Gasteiger partial charge in [-0.05, 0) is 74.1 Å². The highest BCUT2D eigenvalue weighted by Crippen LogP contribution is 2.32. The zero-order valence-electron chi connectivity index (χ0n) is 17.1. The first-order chi connectivity index (χ1) is 12.8. The lowest BCUT2D eigenvalue weighted by Crippen LogP contribution is -2.35. The Bertz CT molecular complexity index is 775.